The van der Waals surface area contributed by atoms with Crippen molar-refractivity contribution in [3.63, 3.8) is 0 Å². The van der Waals surface area contributed by atoms with Gasteiger partial charge in [0.25, 0.3) is 5.56 Å². The number of rotatable bonds is 5. The Morgan fingerprint density at radius 2 is 2.37 bits per heavy atom. The molecule has 6 heteroatoms. The van der Waals surface area contributed by atoms with Crippen molar-refractivity contribution in [3.05, 3.63) is 34.3 Å². The number of fused-ring (bicyclic) bond motifs is 1. The van der Waals surface area contributed by atoms with Crippen molar-refractivity contribution < 1.29 is 4.74 Å². The molecule has 0 bridgehead atoms. The molecule has 0 radical (unpaired) electrons. The summed E-state index contributed by atoms with van der Waals surface area (Å²) >= 11 is 0. The summed E-state index contributed by atoms with van der Waals surface area (Å²) in [5.41, 5.74) is 1.11. The zero-order valence-corrected chi connectivity index (χ0v) is 11.0. The van der Waals surface area contributed by atoms with E-state index in [-0.39, 0.29) is 11.7 Å². The van der Waals surface area contributed by atoms with Crippen LogP contribution in [0.2, 0.25) is 0 Å². The van der Waals surface area contributed by atoms with Gasteiger partial charge in [0.15, 0.2) is 0 Å². The number of nitrogens with zero attached hydrogens (tertiary/aromatic N) is 3. The van der Waals surface area contributed by atoms with Crippen molar-refractivity contribution in [3.8, 4) is 0 Å². The third kappa shape index (κ3) is 2.83. The first-order valence-corrected chi connectivity index (χ1v) is 6.19. The number of aryl methyl sites for hydroxylation is 1. The Morgan fingerprint density at radius 3 is 3.05 bits per heavy atom. The SMILES string of the molecule is [C-]#[N+]c1cn(CCCOC(C)C)c2c(=O)[nH]cnc12. The summed E-state index contributed by atoms with van der Waals surface area (Å²) in [6.07, 6.45) is 3.99. The molecule has 0 amide bonds. The number of hydrogen-bond acceptors (Lipinski definition) is 3. The largest absolute Gasteiger partial charge is 0.379 e. The minimum Gasteiger partial charge on any atom is -0.379 e. The van der Waals surface area contributed by atoms with Crippen molar-refractivity contribution in [2.24, 2.45) is 0 Å². The van der Waals surface area contributed by atoms with Gasteiger partial charge in [-0.25, -0.2) is 9.83 Å². The van der Waals surface area contributed by atoms with E-state index in [2.05, 4.69) is 14.8 Å². The molecule has 0 saturated carbocycles. The van der Waals surface area contributed by atoms with E-state index in [0.29, 0.717) is 29.9 Å². The van der Waals surface area contributed by atoms with Crippen molar-refractivity contribution >= 4 is 16.7 Å². The van der Waals surface area contributed by atoms with E-state index in [9.17, 15) is 4.79 Å². The Kier molecular flexibility index (Phi) is 3.97. The van der Waals surface area contributed by atoms with Crippen molar-refractivity contribution in [2.45, 2.75) is 32.9 Å². The summed E-state index contributed by atoms with van der Waals surface area (Å²) in [4.78, 5) is 21.8. The molecule has 2 rings (SSSR count). The molecule has 1 N–H and O–H groups in total. The second-order valence-electron chi connectivity index (χ2n) is 4.52. The van der Waals surface area contributed by atoms with E-state index >= 15 is 0 Å². The summed E-state index contributed by atoms with van der Waals surface area (Å²) in [6.45, 7) is 12.3. The summed E-state index contributed by atoms with van der Waals surface area (Å²) in [5.74, 6) is 0. The topological polar surface area (TPSA) is 64.3 Å². The molecule has 0 saturated heterocycles. The highest BCUT2D eigenvalue weighted by Crippen LogP contribution is 2.23. The van der Waals surface area contributed by atoms with Crippen LogP contribution in [0.15, 0.2) is 17.3 Å². The molecular weight excluding hydrogens is 244 g/mol. The second kappa shape index (κ2) is 5.67. The quantitative estimate of drug-likeness (QED) is 0.661. The number of H-pyrrole nitrogens is 1. The number of aromatic amines is 1. The fourth-order valence-electron chi connectivity index (χ4n) is 1.93. The van der Waals surface area contributed by atoms with Gasteiger partial charge in [0.1, 0.15) is 11.0 Å². The lowest BCUT2D eigenvalue weighted by molar-refractivity contribution is 0.0750. The third-order valence-corrected chi connectivity index (χ3v) is 2.75. The van der Waals surface area contributed by atoms with Crippen LogP contribution in [0.5, 0.6) is 0 Å². The Morgan fingerprint density at radius 1 is 1.58 bits per heavy atom. The van der Waals surface area contributed by atoms with E-state index in [1.807, 2.05) is 13.8 Å². The predicted molar refractivity (Wildman–Crippen MR) is 72.3 cm³/mol. The first-order chi connectivity index (χ1) is 9.13. The average molecular weight is 260 g/mol. The molecule has 0 aromatic carbocycles. The summed E-state index contributed by atoms with van der Waals surface area (Å²) in [7, 11) is 0. The van der Waals surface area contributed by atoms with Gasteiger partial charge in [-0.3, -0.25) is 4.79 Å². The summed E-state index contributed by atoms with van der Waals surface area (Å²) in [5, 5.41) is 0. The molecule has 0 spiro atoms. The molecule has 6 nitrogen and oxygen atoms in total. The Balaban J connectivity index is 2.24. The zero-order chi connectivity index (χ0) is 13.8. The number of aromatic nitrogens is 3. The first kappa shape index (κ1) is 13.3. The molecule has 0 aliphatic carbocycles. The maximum Gasteiger partial charge on any atom is 0.273 e. The van der Waals surface area contributed by atoms with Crippen LogP contribution < -0.4 is 5.56 Å². The molecule has 2 aromatic rings. The van der Waals surface area contributed by atoms with Crippen molar-refractivity contribution in [1.29, 1.82) is 0 Å². The number of hydrogen-bond donors (Lipinski definition) is 1. The summed E-state index contributed by atoms with van der Waals surface area (Å²) < 4.78 is 7.24. The lowest BCUT2D eigenvalue weighted by atomic mass is 10.4. The predicted octanol–water partition coefficient (Wildman–Crippen LogP) is 2.09. The number of nitrogens with one attached hydrogen (secondary N) is 1. The van der Waals surface area contributed by atoms with Crippen LogP contribution in [0.1, 0.15) is 20.3 Å². The normalized spacial score (nSPS) is 11.1. The van der Waals surface area contributed by atoms with Crippen LogP contribution in [0.25, 0.3) is 15.9 Å². The molecule has 0 atom stereocenters. The highest BCUT2D eigenvalue weighted by Gasteiger charge is 2.12. The Bertz CT molecular complexity index is 663. The van der Waals surface area contributed by atoms with E-state index < -0.39 is 0 Å². The molecule has 0 fully saturated rings. The minimum absolute atomic E-state index is 0.199. The van der Waals surface area contributed by atoms with Gasteiger partial charge >= 0.3 is 0 Å². The van der Waals surface area contributed by atoms with Gasteiger partial charge in [-0.05, 0) is 20.3 Å². The van der Waals surface area contributed by atoms with E-state index in [4.69, 9.17) is 11.3 Å². The summed E-state index contributed by atoms with van der Waals surface area (Å²) in [6, 6.07) is 0. The highest BCUT2D eigenvalue weighted by atomic mass is 16.5. The van der Waals surface area contributed by atoms with Crippen molar-refractivity contribution in [1.82, 2.24) is 14.5 Å². The van der Waals surface area contributed by atoms with Gasteiger partial charge < -0.3 is 14.3 Å². The van der Waals surface area contributed by atoms with Gasteiger partial charge in [0, 0.05) is 19.3 Å². The number of ether oxygens (including phenoxy) is 1. The lowest BCUT2D eigenvalue weighted by Gasteiger charge is -2.08. The maximum absolute atomic E-state index is 11.8. The Labute approximate surface area is 110 Å². The van der Waals surface area contributed by atoms with E-state index in [0.717, 1.165) is 6.42 Å². The van der Waals surface area contributed by atoms with Crippen molar-refractivity contribution in [2.75, 3.05) is 6.61 Å². The fraction of sp³-hybridized carbons (Fsp3) is 0.462. The van der Waals surface area contributed by atoms with Gasteiger partial charge in [-0.2, -0.15) is 0 Å². The molecule has 19 heavy (non-hydrogen) atoms. The van der Waals surface area contributed by atoms with Crippen LogP contribution in [0, 0.1) is 6.57 Å². The van der Waals surface area contributed by atoms with Crippen LogP contribution in [-0.2, 0) is 11.3 Å². The molecule has 0 aliphatic heterocycles. The Hall–Kier alpha value is -2.13. The van der Waals surface area contributed by atoms with E-state index in [1.54, 1.807) is 10.8 Å². The molecule has 0 unspecified atom stereocenters. The third-order valence-electron chi connectivity index (χ3n) is 2.75. The van der Waals surface area contributed by atoms with Gasteiger partial charge in [-0.1, -0.05) is 0 Å². The molecule has 0 aliphatic rings. The molecule has 2 heterocycles. The highest BCUT2D eigenvalue weighted by molar-refractivity contribution is 5.89. The minimum atomic E-state index is -0.218. The fourth-order valence-corrected chi connectivity index (χ4v) is 1.93. The molecular formula is C13H16N4O2. The van der Waals surface area contributed by atoms with Gasteiger partial charge in [0.05, 0.1) is 19.0 Å². The van der Waals surface area contributed by atoms with Crippen LogP contribution in [0.3, 0.4) is 0 Å². The van der Waals surface area contributed by atoms with Crippen LogP contribution >= 0.6 is 0 Å². The maximum atomic E-state index is 11.8. The molecule has 100 valence electrons. The smallest absolute Gasteiger partial charge is 0.273 e. The van der Waals surface area contributed by atoms with Gasteiger partial charge in [0.2, 0.25) is 5.69 Å². The van der Waals surface area contributed by atoms with Crippen LogP contribution in [0.4, 0.5) is 5.69 Å². The molecule has 2 aromatic heterocycles. The van der Waals surface area contributed by atoms with Gasteiger partial charge in [-0.15, -0.1) is 0 Å². The standard InChI is InChI=1S/C13H16N4O2/c1-9(2)19-6-4-5-17-7-10(14-3)11-12(17)13(18)16-8-15-11/h7-9H,4-6H2,1-2H3,(H,15,16,18). The average Bonchev–Trinajstić information content (AvgIpc) is 2.74. The van der Waals surface area contributed by atoms with Crippen LogP contribution in [-0.4, -0.2) is 27.2 Å². The first-order valence-electron chi connectivity index (χ1n) is 6.19. The monoisotopic (exact) mass is 260 g/mol. The lowest BCUT2D eigenvalue weighted by Crippen LogP contribution is -2.12. The zero-order valence-electron chi connectivity index (χ0n) is 11.0. The van der Waals surface area contributed by atoms with E-state index in [1.165, 1.54) is 6.33 Å². The second-order valence-corrected chi connectivity index (χ2v) is 4.52.